The average molecular weight is 223 g/mol. The fraction of sp³-hybridized carbons (Fsp3) is 0.273. The maximum Gasteiger partial charge on any atom is 0.370 e. The van der Waals surface area contributed by atoms with Gasteiger partial charge in [-0.3, -0.25) is 5.41 Å². The van der Waals surface area contributed by atoms with Crippen molar-refractivity contribution in [2.45, 2.75) is 19.3 Å². The standard InChI is InChI=1S/C11H13NO2S/c1-11(2,9(12)14-10(13)15)8-6-4-3-5-7-8/h3-7,12H,1-2H3,(H,13,15). The zero-order chi connectivity index (χ0) is 11.5. The van der Waals surface area contributed by atoms with Crippen LogP contribution in [0.4, 0.5) is 4.79 Å². The number of carbonyl (C=O) groups is 1. The van der Waals surface area contributed by atoms with Gasteiger partial charge in [-0.2, -0.15) is 0 Å². The molecule has 4 heteroatoms. The van der Waals surface area contributed by atoms with E-state index in [1.54, 1.807) is 0 Å². The molecule has 0 aliphatic heterocycles. The van der Waals surface area contributed by atoms with E-state index in [9.17, 15) is 4.79 Å². The number of ether oxygens (including phenoxy) is 1. The first-order valence-electron chi connectivity index (χ1n) is 4.50. The Hall–Kier alpha value is -1.29. The summed E-state index contributed by atoms with van der Waals surface area (Å²) in [7, 11) is 0. The van der Waals surface area contributed by atoms with Crippen molar-refractivity contribution >= 4 is 23.8 Å². The highest BCUT2D eigenvalue weighted by molar-refractivity contribution is 7.96. The highest BCUT2D eigenvalue weighted by atomic mass is 32.1. The lowest BCUT2D eigenvalue weighted by atomic mass is 9.84. The largest absolute Gasteiger partial charge is 0.403 e. The third-order valence-electron chi connectivity index (χ3n) is 2.25. The Labute approximate surface area is 94.4 Å². The van der Waals surface area contributed by atoms with Crippen LogP contribution in [-0.4, -0.2) is 11.2 Å². The third-order valence-corrected chi connectivity index (χ3v) is 2.34. The Balaban J connectivity index is 2.92. The van der Waals surface area contributed by atoms with Crippen molar-refractivity contribution in [1.82, 2.24) is 0 Å². The molecule has 0 unspecified atom stereocenters. The van der Waals surface area contributed by atoms with Gasteiger partial charge in [0.1, 0.15) is 0 Å². The normalized spacial score (nSPS) is 10.9. The van der Waals surface area contributed by atoms with E-state index in [0.717, 1.165) is 5.56 Å². The molecule has 0 heterocycles. The van der Waals surface area contributed by atoms with Gasteiger partial charge in [0.2, 0.25) is 5.90 Å². The first kappa shape index (κ1) is 11.8. The lowest BCUT2D eigenvalue weighted by molar-refractivity contribution is 0.220. The Bertz CT molecular complexity index is 373. The van der Waals surface area contributed by atoms with Crippen LogP contribution in [0.1, 0.15) is 19.4 Å². The monoisotopic (exact) mass is 223 g/mol. The Morgan fingerprint density at radius 2 is 1.87 bits per heavy atom. The van der Waals surface area contributed by atoms with E-state index in [4.69, 9.17) is 5.41 Å². The van der Waals surface area contributed by atoms with E-state index in [0.29, 0.717) is 0 Å². The molecule has 0 aromatic heterocycles. The maximum atomic E-state index is 10.6. The molecule has 0 spiro atoms. The molecule has 0 amide bonds. The van der Waals surface area contributed by atoms with Crippen LogP contribution in [0.15, 0.2) is 30.3 Å². The van der Waals surface area contributed by atoms with Gasteiger partial charge in [0, 0.05) is 0 Å². The fourth-order valence-corrected chi connectivity index (χ4v) is 1.29. The number of benzene rings is 1. The van der Waals surface area contributed by atoms with Crippen molar-refractivity contribution in [3.05, 3.63) is 35.9 Å². The number of rotatable bonds is 2. The van der Waals surface area contributed by atoms with Crippen molar-refractivity contribution in [3.8, 4) is 0 Å². The van der Waals surface area contributed by atoms with Crippen molar-refractivity contribution < 1.29 is 9.53 Å². The number of thiol groups is 1. The molecule has 0 fully saturated rings. The molecule has 1 N–H and O–H groups in total. The van der Waals surface area contributed by atoms with Crippen molar-refractivity contribution in [3.63, 3.8) is 0 Å². The molecule has 0 saturated carbocycles. The lowest BCUT2D eigenvalue weighted by Crippen LogP contribution is -2.31. The molecule has 1 aromatic carbocycles. The van der Waals surface area contributed by atoms with E-state index >= 15 is 0 Å². The first-order valence-corrected chi connectivity index (χ1v) is 4.94. The number of hydrogen-bond acceptors (Lipinski definition) is 3. The molecular formula is C11H13NO2S. The highest BCUT2D eigenvalue weighted by Gasteiger charge is 2.28. The van der Waals surface area contributed by atoms with Crippen LogP contribution in [0, 0.1) is 5.41 Å². The van der Waals surface area contributed by atoms with Crippen LogP contribution in [0.2, 0.25) is 0 Å². The van der Waals surface area contributed by atoms with Crippen LogP contribution in [-0.2, 0) is 10.2 Å². The fourth-order valence-electron chi connectivity index (χ4n) is 1.20. The molecule has 80 valence electrons. The maximum absolute atomic E-state index is 10.6. The molecule has 0 bridgehead atoms. The minimum Gasteiger partial charge on any atom is -0.403 e. The summed E-state index contributed by atoms with van der Waals surface area (Å²) < 4.78 is 4.68. The van der Waals surface area contributed by atoms with Crippen molar-refractivity contribution in [1.29, 1.82) is 5.41 Å². The van der Waals surface area contributed by atoms with Gasteiger partial charge in [-0.05, 0) is 19.4 Å². The Morgan fingerprint density at radius 1 is 1.33 bits per heavy atom. The molecule has 15 heavy (non-hydrogen) atoms. The highest BCUT2D eigenvalue weighted by Crippen LogP contribution is 2.24. The van der Waals surface area contributed by atoms with Gasteiger partial charge < -0.3 is 4.74 Å². The van der Waals surface area contributed by atoms with Gasteiger partial charge in [-0.15, -0.1) is 0 Å². The van der Waals surface area contributed by atoms with Gasteiger partial charge in [-0.1, -0.05) is 43.0 Å². The predicted molar refractivity (Wildman–Crippen MR) is 62.7 cm³/mol. The lowest BCUT2D eigenvalue weighted by Gasteiger charge is -2.24. The van der Waals surface area contributed by atoms with Crippen molar-refractivity contribution in [2.24, 2.45) is 0 Å². The first-order chi connectivity index (χ1) is 6.94. The Morgan fingerprint density at radius 3 is 2.33 bits per heavy atom. The summed E-state index contributed by atoms with van der Waals surface area (Å²) in [5.41, 5.74) is 0.296. The van der Waals surface area contributed by atoms with E-state index in [-0.39, 0.29) is 5.90 Å². The van der Waals surface area contributed by atoms with E-state index < -0.39 is 10.7 Å². The van der Waals surface area contributed by atoms with Gasteiger partial charge in [-0.25, -0.2) is 4.79 Å². The molecule has 1 aromatic rings. The summed E-state index contributed by atoms with van der Waals surface area (Å²) in [6.45, 7) is 3.64. The summed E-state index contributed by atoms with van der Waals surface area (Å²) in [6, 6.07) is 9.44. The molecule has 0 atom stereocenters. The smallest absolute Gasteiger partial charge is 0.370 e. The van der Waals surface area contributed by atoms with Gasteiger partial charge in [0.25, 0.3) is 0 Å². The number of nitrogens with one attached hydrogen (secondary N) is 1. The van der Waals surface area contributed by atoms with E-state index in [1.807, 2.05) is 44.2 Å². The summed E-state index contributed by atoms with van der Waals surface area (Å²) in [5, 5.41) is 6.91. The average Bonchev–Trinajstić information content (AvgIpc) is 2.18. The van der Waals surface area contributed by atoms with Crippen LogP contribution < -0.4 is 0 Å². The topological polar surface area (TPSA) is 50.1 Å². The SMILES string of the molecule is CC(C)(C(=N)OC(=O)S)c1ccccc1. The summed E-state index contributed by atoms with van der Waals surface area (Å²) in [4.78, 5) is 10.6. The minimum absolute atomic E-state index is 0.103. The van der Waals surface area contributed by atoms with E-state index in [2.05, 4.69) is 17.4 Å². The Kier molecular flexibility index (Phi) is 3.52. The molecular weight excluding hydrogens is 210 g/mol. The number of hydrogen-bond donors (Lipinski definition) is 2. The second-order valence-corrected chi connectivity index (χ2v) is 4.05. The second-order valence-electron chi connectivity index (χ2n) is 3.69. The van der Waals surface area contributed by atoms with Gasteiger partial charge in [0.05, 0.1) is 5.41 Å². The number of carbonyl (C=O) groups excluding carboxylic acids is 1. The van der Waals surface area contributed by atoms with Crippen LogP contribution in [0.25, 0.3) is 0 Å². The zero-order valence-corrected chi connectivity index (χ0v) is 9.54. The van der Waals surface area contributed by atoms with Gasteiger partial charge in [0.15, 0.2) is 0 Å². The quantitative estimate of drug-likeness (QED) is 0.350. The molecule has 3 nitrogen and oxygen atoms in total. The molecule has 1 rings (SSSR count). The van der Waals surface area contributed by atoms with Crippen LogP contribution in [0.3, 0.4) is 0 Å². The van der Waals surface area contributed by atoms with Crippen LogP contribution in [0.5, 0.6) is 0 Å². The molecule has 0 aliphatic rings. The molecule has 0 radical (unpaired) electrons. The van der Waals surface area contributed by atoms with E-state index in [1.165, 1.54) is 0 Å². The summed E-state index contributed by atoms with van der Waals surface area (Å²) in [6.07, 6.45) is 0. The van der Waals surface area contributed by atoms with Crippen LogP contribution >= 0.6 is 12.6 Å². The molecule has 0 saturated heterocycles. The van der Waals surface area contributed by atoms with Crippen molar-refractivity contribution in [2.75, 3.05) is 0 Å². The summed E-state index contributed by atoms with van der Waals surface area (Å²) >= 11 is 3.48. The summed E-state index contributed by atoms with van der Waals surface area (Å²) in [5.74, 6) is -0.103. The molecule has 0 aliphatic carbocycles. The third kappa shape index (κ3) is 2.83. The second kappa shape index (κ2) is 4.49. The van der Waals surface area contributed by atoms with Gasteiger partial charge >= 0.3 is 5.30 Å². The predicted octanol–water partition coefficient (Wildman–Crippen LogP) is 3.01. The minimum atomic E-state index is -0.760. The zero-order valence-electron chi connectivity index (χ0n) is 8.65.